The highest BCUT2D eigenvalue weighted by Gasteiger charge is 2.28. The molecule has 3 N–H and O–H groups in total. The van der Waals surface area contributed by atoms with Gasteiger partial charge in [0, 0.05) is 38.5 Å². The smallest absolute Gasteiger partial charge is 0.322 e. The fourth-order valence-corrected chi connectivity index (χ4v) is 4.03. The van der Waals surface area contributed by atoms with Gasteiger partial charge in [-0.25, -0.2) is 4.79 Å². The molecule has 28 heavy (non-hydrogen) atoms. The number of carbonyl (C=O) groups is 1. The number of ether oxygens (including phenoxy) is 2. The van der Waals surface area contributed by atoms with E-state index in [1.165, 1.54) is 0 Å². The van der Waals surface area contributed by atoms with Crippen LogP contribution < -0.4 is 15.8 Å². The first-order chi connectivity index (χ1) is 13.5. The van der Waals surface area contributed by atoms with Crippen LogP contribution >= 0.6 is 15.9 Å². The van der Waals surface area contributed by atoms with Gasteiger partial charge in [0.1, 0.15) is 12.4 Å². The molecule has 8 nitrogen and oxygen atoms in total. The number of halogens is 1. The van der Waals surface area contributed by atoms with Gasteiger partial charge in [0.15, 0.2) is 0 Å². The van der Waals surface area contributed by atoms with Crippen molar-refractivity contribution in [3.8, 4) is 17.0 Å². The zero-order valence-corrected chi connectivity index (χ0v) is 17.7. The second-order valence-electron chi connectivity index (χ2n) is 6.69. The monoisotopic (exact) mass is 451 g/mol. The predicted molar refractivity (Wildman–Crippen MR) is 112 cm³/mol. The summed E-state index contributed by atoms with van der Waals surface area (Å²) in [5, 5.41) is 7.28. The van der Waals surface area contributed by atoms with E-state index in [2.05, 4.69) is 26.3 Å². The SMILES string of the molecule is COCC1CCCN1C(=O)Nc1ccc(OCCN)c(-c2c(Br)cnn2C)c1. The lowest BCUT2D eigenvalue weighted by Gasteiger charge is -2.24. The maximum atomic E-state index is 12.8. The highest BCUT2D eigenvalue weighted by molar-refractivity contribution is 9.10. The molecule has 3 rings (SSSR count). The number of likely N-dealkylation sites (tertiary alicyclic amines) is 1. The van der Waals surface area contributed by atoms with Crippen molar-refractivity contribution in [3.05, 3.63) is 28.9 Å². The normalized spacial score (nSPS) is 16.4. The van der Waals surface area contributed by atoms with Gasteiger partial charge < -0.3 is 25.4 Å². The lowest BCUT2D eigenvalue weighted by Crippen LogP contribution is -2.40. The number of hydrogen-bond acceptors (Lipinski definition) is 5. The molecular weight excluding hydrogens is 426 g/mol. The lowest BCUT2D eigenvalue weighted by atomic mass is 10.1. The molecule has 9 heteroatoms. The summed E-state index contributed by atoms with van der Waals surface area (Å²) in [5.41, 5.74) is 7.96. The second-order valence-corrected chi connectivity index (χ2v) is 7.54. The van der Waals surface area contributed by atoms with E-state index in [0.29, 0.717) is 31.2 Å². The van der Waals surface area contributed by atoms with E-state index in [0.717, 1.165) is 35.1 Å². The number of urea groups is 1. The number of nitrogens with one attached hydrogen (secondary N) is 1. The zero-order valence-electron chi connectivity index (χ0n) is 16.2. The predicted octanol–water partition coefficient (Wildman–Crippen LogP) is 2.83. The number of nitrogens with two attached hydrogens (primary N) is 1. The van der Waals surface area contributed by atoms with Crippen LogP contribution in [0.4, 0.5) is 10.5 Å². The minimum Gasteiger partial charge on any atom is -0.492 e. The molecule has 0 saturated carbocycles. The summed E-state index contributed by atoms with van der Waals surface area (Å²) in [4.78, 5) is 14.6. The Balaban J connectivity index is 1.86. The van der Waals surface area contributed by atoms with Gasteiger partial charge in [0.25, 0.3) is 0 Å². The largest absolute Gasteiger partial charge is 0.492 e. The van der Waals surface area contributed by atoms with E-state index in [4.69, 9.17) is 15.2 Å². The molecule has 1 aromatic carbocycles. The number of carbonyl (C=O) groups excluding carboxylic acids is 1. The van der Waals surface area contributed by atoms with Gasteiger partial charge in [0.2, 0.25) is 0 Å². The van der Waals surface area contributed by atoms with Gasteiger partial charge in [-0.15, -0.1) is 0 Å². The van der Waals surface area contributed by atoms with Gasteiger partial charge in [-0.1, -0.05) is 0 Å². The molecule has 152 valence electrons. The van der Waals surface area contributed by atoms with E-state index in [1.807, 2.05) is 30.1 Å². The van der Waals surface area contributed by atoms with Crippen LogP contribution in [0, 0.1) is 0 Å². The Labute approximate surface area is 173 Å². The van der Waals surface area contributed by atoms with Crippen LogP contribution in [0.5, 0.6) is 5.75 Å². The lowest BCUT2D eigenvalue weighted by molar-refractivity contribution is 0.128. The molecule has 1 aromatic heterocycles. The molecule has 0 spiro atoms. The van der Waals surface area contributed by atoms with Gasteiger partial charge in [0.05, 0.1) is 29.0 Å². The summed E-state index contributed by atoms with van der Waals surface area (Å²) < 4.78 is 13.6. The Morgan fingerprint density at radius 2 is 2.29 bits per heavy atom. The minimum atomic E-state index is -0.120. The van der Waals surface area contributed by atoms with Crippen molar-refractivity contribution in [2.45, 2.75) is 18.9 Å². The van der Waals surface area contributed by atoms with Gasteiger partial charge in [-0.05, 0) is 47.0 Å². The van der Waals surface area contributed by atoms with Crippen molar-refractivity contribution in [3.63, 3.8) is 0 Å². The highest BCUT2D eigenvalue weighted by atomic mass is 79.9. The zero-order chi connectivity index (χ0) is 20.1. The number of methoxy groups -OCH3 is 1. The molecule has 0 radical (unpaired) electrons. The molecule has 0 aliphatic carbocycles. The van der Waals surface area contributed by atoms with Crippen molar-refractivity contribution in [1.82, 2.24) is 14.7 Å². The summed E-state index contributed by atoms with van der Waals surface area (Å²) in [6, 6.07) is 5.57. The number of hydrogen-bond donors (Lipinski definition) is 2. The van der Waals surface area contributed by atoms with Gasteiger partial charge >= 0.3 is 6.03 Å². The number of aromatic nitrogens is 2. The summed E-state index contributed by atoms with van der Waals surface area (Å²) in [5.74, 6) is 0.686. The first-order valence-corrected chi connectivity index (χ1v) is 10.1. The van der Waals surface area contributed by atoms with E-state index < -0.39 is 0 Å². The van der Waals surface area contributed by atoms with Crippen molar-refractivity contribution in [2.75, 3.05) is 38.7 Å². The van der Waals surface area contributed by atoms with E-state index >= 15 is 0 Å². The second kappa shape index (κ2) is 9.40. The third kappa shape index (κ3) is 4.48. The molecule has 1 unspecified atom stereocenters. The molecular formula is C19H26BrN5O3. The Hall–Kier alpha value is -2.10. The quantitative estimate of drug-likeness (QED) is 0.674. The topological polar surface area (TPSA) is 94.6 Å². The standard InChI is InChI=1S/C19H26BrN5O3/c1-24-18(16(20)11-22-24)15-10-13(5-6-17(15)28-9-7-21)23-19(26)25-8-3-4-14(25)12-27-2/h5-6,10-11,14H,3-4,7-9,12,21H2,1-2H3,(H,23,26). The molecule has 1 aliphatic heterocycles. The third-order valence-electron chi connectivity index (χ3n) is 4.75. The molecule has 2 heterocycles. The van der Waals surface area contributed by atoms with Crippen molar-refractivity contribution < 1.29 is 14.3 Å². The molecule has 1 saturated heterocycles. The Bertz CT molecular complexity index is 806. The first-order valence-electron chi connectivity index (χ1n) is 9.26. The molecule has 2 aromatic rings. The number of aryl methyl sites for hydroxylation is 1. The van der Waals surface area contributed by atoms with Gasteiger partial charge in [-0.2, -0.15) is 5.10 Å². The molecule has 1 atom stereocenters. The Morgan fingerprint density at radius 3 is 2.96 bits per heavy atom. The van der Waals surface area contributed by atoms with E-state index in [1.54, 1.807) is 18.0 Å². The first kappa shape index (κ1) is 20.6. The molecule has 2 amide bonds. The van der Waals surface area contributed by atoms with Crippen LogP contribution in [0.2, 0.25) is 0 Å². The Kier molecular flexibility index (Phi) is 6.93. The maximum absolute atomic E-state index is 12.8. The highest BCUT2D eigenvalue weighted by Crippen LogP contribution is 2.36. The van der Waals surface area contributed by atoms with Crippen molar-refractivity contribution in [1.29, 1.82) is 0 Å². The summed E-state index contributed by atoms with van der Waals surface area (Å²) >= 11 is 3.54. The number of amides is 2. The molecule has 0 bridgehead atoms. The number of nitrogens with zero attached hydrogens (tertiary/aromatic N) is 3. The molecule has 1 aliphatic rings. The van der Waals surface area contributed by atoms with Crippen molar-refractivity contribution >= 4 is 27.6 Å². The van der Waals surface area contributed by atoms with Crippen LogP contribution in [-0.2, 0) is 11.8 Å². The van der Waals surface area contributed by atoms with Crippen LogP contribution in [-0.4, -0.2) is 60.2 Å². The van der Waals surface area contributed by atoms with Gasteiger partial charge in [-0.3, -0.25) is 4.68 Å². The number of rotatable bonds is 7. The fraction of sp³-hybridized carbons (Fsp3) is 0.474. The minimum absolute atomic E-state index is 0.114. The summed E-state index contributed by atoms with van der Waals surface area (Å²) in [7, 11) is 3.52. The Morgan fingerprint density at radius 1 is 1.46 bits per heavy atom. The average Bonchev–Trinajstić information content (AvgIpc) is 3.27. The maximum Gasteiger partial charge on any atom is 0.322 e. The van der Waals surface area contributed by atoms with Crippen LogP contribution in [0.25, 0.3) is 11.3 Å². The third-order valence-corrected chi connectivity index (χ3v) is 5.33. The molecule has 1 fully saturated rings. The number of anilines is 1. The number of benzene rings is 1. The van der Waals surface area contributed by atoms with Crippen molar-refractivity contribution in [2.24, 2.45) is 12.8 Å². The van der Waals surface area contributed by atoms with Crippen LogP contribution in [0.1, 0.15) is 12.8 Å². The van der Waals surface area contributed by atoms with Crippen LogP contribution in [0.15, 0.2) is 28.9 Å². The van der Waals surface area contributed by atoms with E-state index in [-0.39, 0.29) is 12.1 Å². The van der Waals surface area contributed by atoms with Crippen LogP contribution in [0.3, 0.4) is 0 Å². The fourth-order valence-electron chi connectivity index (χ4n) is 3.47. The van der Waals surface area contributed by atoms with E-state index in [9.17, 15) is 4.79 Å². The summed E-state index contributed by atoms with van der Waals surface area (Å²) in [6.45, 7) is 2.10. The summed E-state index contributed by atoms with van der Waals surface area (Å²) in [6.07, 6.45) is 3.67. The average molecular weight is 452 g/mol.